The van der Waals surface area contributed by atoms with E-state index >= 15 is 0 Å². The van der Waals surface area contributed by atoms with Gasteiger partial charge in [-0.25, -0.2) is 9.98 Å². The molecule has 0 amide bonds. The van der Waals surface area contributed by atoms with Gasteiger partial charge in [0.25, 0.3) is 0 Å². The van der Waals surface area contributed by atoms with Crippen LogP contribution in [0.5, 0.6) is 0 Å². The predicted molar refractivity (Wildman–Crippen MR) is 132 cm³/mol. The minimum Gasteiger partial charge on any atom is -0.375 e. The number of nitrogens with zero attached hydrogens (tertiary/aromatic N) is 5. The molecule has 0 aromatic carbocycles. The fraction of sp³-hybridized carbons (Fsp3) is 0.571. The molecule has 0 saturated carbocycles. The molecule has 3 heterocycles. The van der Waals surface area contributed by atoms with E-state index in [0.717, 1.165) is 49.3 Å². The number of hydrogen-bond donors (Lipinski definition) is 2. The molecule has 1 aliphatic heterocycles. The Balaban J connectivity index is 0.00000320. The Morgan fingerprint density at radius 3 is 2.70 bits per heavy atom. The highest BCUT2D eigenvalue weighted by atomic mass is 127. The van der Waals surface area contributed by atoms with Gasteiger partial charge in [0.05, 0.1) is 24.9 Å². The highest BCUT2D eigenvalue weighted by molar-refractivity contribution is 14.0. The van der Waals surface area contributed by atoms with Crippen molar-refractivity contribution in [2.75, 3.05) is 31.1 Å². The van der Waals surface area contributed by atoms with E-state index < -0.39 is 0 Å². The molecule has 2 aromatic heterocycles. The fourth-order valence-electron chi connectivity index (χ4n) is 3.48. The molecule has 1 saturated heterocycles. The van der Waals surface area contributed by atoms with E-state index in [1.807, 2.05) is 24.9 Å². The smallest absolute Gasteiger partial charge is 0.191 e. The maximum Gasteiger partial charge on any atom is 0.191 e. The maximum absolute atomic E-state index is 5.61. The molecule has 1 fully saturated rings. The van der Waals surface area contributed by atoms with Gasteiger partial charge in [-0.2, -0.15) is 5.10 Å². The largest absolute Gasteiger partial charge is 0.375 e. The Bertz CT molecular complexity index is 835. The van der Waals surface area contributed by atoms with Crippen molar-refractivity contribution in [1.82, 2.24) is 25.4 Å². The maximum atomic E-state index is 5.61. The quantitative estimate of drug-likeness (QED) is 0.342. The molecular formula is C21H34IN7O. The van der Waals surface area contributed by atoms with Crippen LogP contribution in [-0.2, 0) is 24.9 Å². The van der Waals surface area contributed by atoms with E-state index in [-0.39, 0.29) is 30.1 Å². The Labute approximate surface area is 196 Å². The summed E-state index contributed by atoms with van der Waals surface area (Å²) in [6.07, 6.45) is 2.16. The van der Waals surface area contributed by atoms with Crippen LogP contribution in [0.2, 0.25) is 0 Å². The van der Waals surface area contributed by atoms with Crippen molar-refractivity contribution >= 4 is 35.8 Å². The van der Waals surface area contributed by atoms with Crippen LogP contribution in [0.1, 0.15) is 36.4 Å². The zero-order valence-electron chi connectivity index (χ0n) is 18.6. The van der Waals surface area contributed by atoms with Gasteiger partial charge in [0.2, 0.25) is 0 Å². The summed E-state index contributed by atoms with van der Waals surface area (Å²) < 4.78 is 7.52. The summed E-state index contributed by atoms with van der Waals surface area (Å²) in [5.41, 5.74) is 4.51. The molecule has 30 heavy (non-hydrogen) atoms. The van der Waals surface area contributed by atoms with Crippen LogP contribution in [0.25, 0.3) is 0 Å². The second-order valence-electron chi connectivity index (χ2n) is 7.47. The lowest BCUT2D eigenvalue weighted by molar-refractivity contribution is 0.0529. The molecule has 2 aromatic rings. The molecule has 1 unspecified atom stereocenters. The van der Waals surface area contributed by atoms with Crippen LogP contribution in [0.4, 0.5) is 5.82 Å². The highest BCUT2D eigenvalue weighted by Gasteiger charge is 2.17. The summed E-state index contributed by atoms with van der Waals surface area (Å²) in [7, 11) is 1.97. The minimum absolute atomic E-state index is 0. The Hall–Kier alpha value is -1.88. The molecule has 0 bridgehead atoms. The lowest BCUT2D eigenvalue weighted by atomic mass is 10.2. The first-order valence-electron chi connectivity index (χ1n) is 10.3. The third kappa shape index (κ3) is 6.31. The summed E-state index contributed by atoms with van der Waals surface area (Å²) in [6, 6.07) is 4.18. The molecule has 0 aliphatic carbocycles. The Kier molecular flexibility index (Phi) is 9.35. The van der Waals surface area contributed by atoms with Crippen LogP contribution < -0.4 is 15.5 Å². The average molecular weight is 527 g/mol. The molecule has 1 aliphatic rings. The van der Waals surface area contributed by atoms with Crippen LogP contribution in [-0.4, -0.2) is 53.1 Å². The highest BCUT2D eigenvalue weighted by Crippen LogP contribution is 2.16. The second kappa shape index (κ2) is 11.5. The van der Waals surface area contributed by atoms with Crippen molar-refractivity contribution in [3.05, 3.63) is 40.8 Å². The topological polar surface area (TPSA) is 79.6 Å². The van der Waals surface area contributed by atoms with Crippen LogP contribution in [0.15, 0.2) is 23.3 Å². The van der Waals surface area contributed by atoms with Crippen molar-refractivity contribution in [3.63, 3.8) is 0 Å². The number of hydrogen-bond acceptors (Lipinski definition) is 5. The van der Waals surface area contributed by atoms with E-state index in [4.69, 9.17) is 9.73 Å². The molecule has 2 N–H and O–H groups in total. The average Bonchev–Trinajstić information content (AvgIpc) is 2.96. The van der Waals surface area contributed by atoms with E-state index in [0.29, 0.717) is 13.1 Å². The number of nitrogens with one attached hydrogen (secondary N) is 2. The van der Waals surface area contributed by atoms with E-state index in [1.54, 1.807) is 0 Å². The van der Waals surface area contributed by atoms with Crippen molar-refractivity contribution in [2.24, 2.45) is 12.0 Å². The summed E-state index contributed by atoms with van der Waals surface area (Å²) >= 11 is 0. The summed E-state index contributed by atoms with van der Waals surface area (Å²) in [6.45, 7) is 12.9. The van der Waals surface area contributed by atoms with Crippen LogP contribution >= 0.6 is 24.0 Å². The summed E-state index contributed by atoms with van der Waals surface area (Å²) in [5, 5.41) is 11.2. The van der Waals surface area contributed by atoms with Crippen LogP contribution in [0.3, 0.4) is 0 Å². The molecular weight excluding hydrogens is 493 g/mol. The summed E-state index contributed by atoms with van der Waals surface area (Å²) in [4.78, 5) is 11.6. The standard InChI is InChI=1S/C21H33N7O.HI/c1-6-22-21(25-13-19-16(3)26-27(5)17(19)4)24-12-18-7-8-20(23-11-18)28-9-10-29-15(2)14-28;/h7-8,11,15H,6,9-10,12-14H2,1-5H3,(H2,22,24,25);1H. The van der Waals surface area contributed by atoms with Gasteiger partial charge in [-0.15, -0.1) is 24.0 Å². The third-order valence-corrected chi connectivity index (χ3v) is 5.23. The van der Waals surface area contributed by atoms with Gasteiger partial charge in [-0.3, -0.25) is 4.68 Å². The van der Waals surface area contributed by atoms with E-state index in [9.17, 15) is 0 Å². The van der Waals surface area contributed by atoms with Crippen LogP contribution in [0, 0.1) is 13.8 Å². The third-order valence-electron chi connectivity index (χ3n) is 5.23. The zero-order valence-corrected chi connectivity index (χ0v) is 20.9. The first kappa shape index (κ1) is 24.4. The number of pyridine rings is 1. The van der Waals surface area contributed by atoms with E-state index in [1.165, 1.54) is 11.3 Å². The normalized spacial score (nSPS) is 16.9. The van der Waals surface area contributed by atoms with Crippen molar-refractivity contribution in [2.45, 2.75) is 46.9 Å². The van der Waals surface area contributed by atoms with Crippen molar-refractivity contribution in [1.29, 1.82) is 0 Å². The van der Waals surface area contributed by atoms with Crippen molar-refractivity contribution < 1.29 is 4.74 Å². The lowest BCUT2D eigenvalue weighted by Gasteiger charge is -2.32. The molecule has 8 nitrogen and oxygen atoms in total. The van der Waals surface area contributed by atoms with Crippen molar-refractivity contribution in [3.8, 4) is 0 Å². The lowest BCUT2D eigenvalue weighted by Crippen LogP contribution is -2.41. The second-order valence-corrected chi connectivity index (χ2v) is 7.47. The fourth-order valence-corrected chi connectivity index (χ4v) is 3.48. The van der Waals surface area contributed by atoms with Gasteiger partial charge in [0, 0.05) is 50.7 Å². The number of rotatable bonds is 6. The molecule has 3 rings (SSSR count). The number of anilines is 1. The van der Waals surface area contributed by atoms with Gasteiger partial charge in [-0.1, -0.05) is 6.07 Å². The number of ether oxygens (including phenoxy) is 1. The van der Waals surface area contributed by atoms with E-state index in [2.05, 4.69) is 58.5 Å². The Morgan fingerprint density at radius 2 is 2.10 bits per heavy atom. The molecule has 0 radical (unpaired) electrons. The number of aromatic nitrogens is 3. The van der Waals surface area contributed by atoms with Gasteiger partial charge in [0.15, 0.2) is 5.96 Å². The number of guanidine groups is 1. The monoisotopic (exact) mass is 527 g/mol. The number of aryl methyl sites for hydroxylation is 2. The number of aliphatic imine (C=N–C) groups is 1. The number of morpholine rings is 1. The first-order valence-corrected chi connectivity index (χ1v) is 10.3. The van der Waals surface area contributed by atoms with Gasteiger partial charge >= 0.3 is 0 Å². The van der Waals surface area contributed by atoms with Gasteiger partial charge in [-0.05, 0) is 39.3 Å². The first-order chi connectivity index (χ1) is 14.0. The molecule has 166 valence electrons. The molecule has 9 heteroatoms. The SMILES string of the molecule is CCNC(=NCc1ccc(N2CCOC(C)C2)nc1)NCc1c(C)nn(C)c1C.I. The van der Waals surface area contributed by atoms with Gasteiger partial charge in [0.1, 0.15) is 5.82 Å². The molecule has 1 atom stereocenters. The predicted octanol–water partition coefficient (Wildman–Crippen LogP) is 2.53. The Morgan fingerprint density at radius 1 is 1.30 bits per heavy atom. The van der Waals surface area contributed by atoms with Gasteiger partial charge < -0.3 is 20.3 Å². The number of halogens is 1. The molecule has 0 spiro atoms. The zero-order chi connectivity index (χ0) is 20.8. The summed E-state index contributed by atoms with van der Waals surface area (Å²) in [5.74, 6) is 1.79. The minimum atomic E-state index is 0.